The van der Waals surface area contributed by atoms with Crippen LogP contribution in [0.3, 0.4) is 0 Å². The number of carbonyl (C=O) groups is 1. The summed E-state index contributed by atoms with van der Waals surface area (Å²) >= 11 is 0. The van der Waals surface area contributed by atoms with Crippen molar-refractivity contribution in [3.8, 4) is 5.75 Å². The molecule has 2 aromatic rings. The largest absolute Gasteiger partial charge is 0.503 e. The molecule has 2 rings (SSSR count). The normalized spacial score (nSPS) is 12.0. The van der Waals surface area contributed by atoms with Crippen LogP contribution in [0.2, 0.25) is 0 Å². The van der Waals surface area contributed by atoms with Crippen LogP contribution in [0.15, 0.2) is 40.0 Å². The average molecular weight is 349 g/mol. The molecule has 7 nitrogen and oxygen atoms in total. The summed E-state index contributed by atoms with van der Waals surface area (Å²) in [6.45, 7) is 1.95. The van der Waals surface area contributed by atoms with Crippen molar-refractivity contribution in [1.29, 1.82) is 0 Å². The Bertz CT molecular complexity index is 861. The zero-order valence-corrected chi connectivity index (χ0v) is 14.4. The Kier molecular flexibility index (Phi) is 5.53. The summed E-state index contributed by atoms with van der Waals surface area (Å²) in [6, 6.07) is 8.47. The number of nitrogens with zero attached hydrogens (tertiary/aromatic N) is 1. The number of hydrogen-bond donors (Lipinski definition) is 3. The van der Waals surface area contributed by atoms with Gasteiger partial charge in [-0.1, -0.05) is 18.2 Å². The maximum atomic E-state index is 12.4. The minimum absolute atomic E-state index is 0.0942. The van der Waals surface area contributed by atoms with Gasteiger partial charge in [0.15, 0.2) is 11.4 Å². The Balaban J connectivity index is 2.29. The van der Waals surface area contributed by atoms with E-state index in [4.69, 9.17) is 0 Å². The van der Waals surface area contributed by atoms with E-state index in [0.717, 1.165) is 5.56 Å². The first kappa shape index (κ1) is 17.9. The Morgan fingerprint density at radius 2 is 2.00 bits per heavy atom. The van der Waals surface area contributed by atoms with E-state index < -0.39 is 28.1 Å². The predicted molar refractivity (Wildman–Crippen MR) is 91.2 cm³/mol. The fourth-order valence-corrected chi connectivity index (χ4v) is 3.26. The number of amides is 1. The quantitative estimate of drug-likeness (QED) is 0.735. The van der Waals surface area contributed by atoms with Crippen LogP contribution in [0.5, 0.6) is 5.75 Å². The average Bonchev–Trinajstić information content (AvgIpc) is 2.57. The molecule has 0 bridgehead atoms. The Morgan fingerprint density at radius 3 is 2.62 bits per heavy atom. The topological polar surface area (TPSA) is 100 Å². The molecule has 0 aliphatic heterocycles. The molecule has 1 heterocycles. The Labute approximate surface area is 141 Å². The number of carbonyl (C=O) groups excluding carboxylic acids is 1. The maximum Gasteiger partial charge on any atom is 0.271 e. The molecule has 0 aliphatic carbocycles. The van der Waals surface area contributed by atoms with Crippen molar-refractivity contribution in [2.75, 3.05) is 7.05 Å². The van der Waals surface area contributed by atoms with Crippen LogP contribution < -0.4 is 15.5 Å². The van der Waals surface area contributed by atoms with E-state index in [0.29, 0.717) is 10.6 Å². The van der Waals surface area contributed by atoms with Crippen molar-refractivity contribution in [3.05, 3.63) is 57.5 Å². The van der Waals surface area contributed by atoms with E-state index in [2.05, 4.69) is 10.0 Å². The van der Waals surface area contributed by atoms with Crippen molar-refractivity contribution in [1.82, 2.24) is 14.6 Å². The summed E-state index contributed by atoms with van der Waals surface area (Å²) in [5.74, 6) is -1.19. The lowest BCUT2D eigenvalue weighted by molar-refractivity contribution is 0.0950. The van der Waals surface area contributed by atoms with Gasteiger partial charge in [0, 0.05) is 32.4 Å². The first-order valence-corrected chi connectivity index (χ1v) is 8.36. The monoisotopic (exact) mass is 349 g/mol. The number of hydrogen-bond acceptors (Lipinski definition) is 4. The van der Waals surface area contributed by atoms with E-state index in [1.807, 2.05) is 19.1 Å². The van der Waals surface area contributed by atoms with E-state index in [1.165, 1.54) is 17.7 Å². The molecule has 0 aliphatic rings. The molecule has 0 saturated heterocycles. The predicted octanol–water partition coefficient (Wildman–Crippen LogP) is 0.571. The molecule has 1 amide bonds. The molecular formula is C16H19N3O4S. The van der Waals surface area contributed by atoms with Gasteiger partial charge in [-0.2, -0.15) is 0 Å². The number of aryl methyl sites for hydroxylation is 1. The van der Waals surface area contributed by atoms with Gasteiger partial charge in [-0.05, 0) is 18.6 Å². The van der Waals surface area contributed by atoms with E-state index in [1.54, 1.807) is 19.2 Å². The highest BCUT2D eigenvalue weighted by atomic mass is 32.2. The summed E-state index contributed by atoms with van der Waals surface area (Å²) in [6.07, 6.45) is 0. The number of rotatable bonds is 5. The number of benzene rings is 1. The third-order valence-corrected chi connectivity index (χ3v) is 4.91. The highest BCUT2D eigenvalue weighted by Gasteiger charge is 2.18. The minimum atomic E-state index is -1.46. The molecule has 3 N–H and O–H groups in total. The van der Waals surface area contributed by atoms with Crippen molar-refractivity contribution < 1.29 is 14.1 Å². The number of pyridine rings is 1. The summed E-state index contributed by atoms with van der Waals surface area (Å²) in [4.78, 5) is 24.4. The van der Waals surface area contributed by atoms with Crippen LogP contribution in [0.4, 0.5) is 0 Å². The molecule has 0 radical (unpaired) electrons. The zero-order chi connectivity index (χ0) is 17.9. The van der Waals surface area contributed by atoms with Gasteiger partial charge < -0.3 is 15.0 Å². The second-order valence-electron chi connectivity index (χ2n) is 5.19. The molecule has 1 aromatic carbocycles. The Morgan fingerprint density at radius 1 is 1.33 bits per heavy atom. The van der Waals surface area contributed by atoms with Gasteiger partial charge in [0.05, 0.1) is 4.90 Å². The van der Waals surface area contributed by atoms with Gasteiger partial charge in [-0.3, -0.25) is 9.59 Å². The van der Waals surface area contributed by atoms with Gasteiger partial charge >= 0.3 is 0 Å². The SMILES string of the molecule is CNC(=O)c1c(O)c(=O)cc(CNS(=O)c2ccccc2C)n1C. The number of aromatic hydroxyl groups is 1. The van der Waals surface area contributed by atoms with Crippen LogP contribution in [0.25, 0.3) is 0 Å². The van der Waals surface area contributed by atoms with Crippen LogP contribution in [0, 0.1) is 6.92 Å². The van der Waals surface area contributed by atoms with E-state index in [9.17, 15) is 18.9 Å². The van der Waals surface area contributed by atoms with Crippen LogP contribution in [-0.4, -0.2) is 26.8 Å². The fourth-order valence-electron chi connectivity index (χ4n) is 2.27. The molecule has 1 atom stereocenters. The molecule has 0 saturated carbocycles. The highest BCUT2D eigenvalue weighted by molar-refractivity contribution is 7.83. The lowest BCUT2D eigenvalue weighted by atomic mass is 10.2. The third-order valence-electron chi connectivity index (χ3n) is 3.64. The molecule has 24 heavy (non-hydrogen) atoms. The Hall–Kier alpha value is -2.45. The van der Waals surface area contributed by atoms with Crippen LogP contribution in [-0.2, 0) is 24.6 Å². The highest BCUT2D eigenvalue weighted by Crippen LogP contribution is 2.14. The van der Waals surface area contributed by atoms with Crippen LogP contribution in [0.1, 0.15) is 21.7 Å². The second-order valence-corrected chi connectivity index (χ2v) is 6.46. The second kappa shape index (κ2) is 7.41. The van der Waals surface area contributed by atoms with Crippen molar-refractivity contribution >= 4 is 16.9 Å². The zero-order valence-electron chi connectivity index (χ0n) is 13.6. The molecule has 8 heteroatoms. The first-order chi connectivity index (χ1) is 11.4. The van der Waals surface area contributed by atoms with E-state index >= 15 is 0 Å². The lowest BCUT2D eigenvalue weighted by Crippen LogP contribution is -2.28. The standard InChI is InChI=1S/C16H19N3O4S/c1-10-6-4-5-7-13(10)24(23)18-9-11-8-12(20)15(21)14(19(11)3)16(22)17-2/h4-8,18,21H,9H2,1-3H3,(H,17,22). The first-order valence-electron chi connectivity index (χ1n) is 7.21. The minimum Gasteiger partial charge on any atom is -0.503 e. The maximum absolute atomic E-state index is 12.4. The molecule has 1 aromatic heterocycles. The summed E-state index contributed by atoms with van der Waals surface area (Å²) in [7, 11) is 1.50. The lowest BCUT2D eigenvalue weighted by Gasteiger charge is -2.15. The number of nitrogens with one attached hydrogen (secondary N) is 2. The van der Waals surface area contributed by atoms with Gasteiger partial charge in [-0.25, -0.2) is 8.93 Å². The van der Waals surface area contributed by atoms with E-state index in [-0.39, 0.29) is 12.2 Å². The van der Waals surface area contributed by atoms with Crippen molar-refractivity contribution in [2.45, 2.75) is 18.4 Å². The number of aromatic nitrogens is 1. The molecule has 0 spiro atoms. The molecule has 0 fully saturated rings. The van der Waals surface area contributed by atoms with Gasteiger partial charge in [0.25, 0.3) is 5.91 Å². The van der Waals surface area contributed by atoms with Gasteiger partial charge in [0.2, 0.25) is 5.43 Å². The van der Waals surface area contributed by atoms with Crippen molar-refractivity contribution in [2.24, 2.45) is 7.05 Å². The molecule has 128 valence electrons. The molecular weight excluding hydrogens is 330 g/mol. The van der Waals surface area contributed by atoms with Gasteiger partial charge in [-0.15, -0.1) is 0 Å². The fraction of sp³-hybridized carbons (Fsp3) is 0.250. The van der Waals surface area contributed by atoms with Crippen molar-refractivity contribution in [3.63, 3.8) is 0 Å². The molecule has 1 unspecified atom stereocenters. The van der Waals surface area contributed by atoms with Gasteiger partial charge in [0.1, 0.15) is 11.0 Å². The third kappa shape index (κ3) is 3.55. The summed E-state index contributed by atoms with van der Waals surface area (Å²) < 4.78 is 16.6. The summed E-state index contributed by atoms with van der Waals surface area (Å²) in [5.41, 5.74) is 0.515. The summed E-state index contributed by atoms with van der Waals surface area (Å²) in [5, 5.41) is 12.2. The van der Waals surface area contributed by atoms with Crippen LogP contribution >= 0.6 is 0 Å². The smallest absolute Gasteiger partial charge is 0.271 e.